The van der Waals surface area contributed by atoms with Crippen LogP contribution in [0.2, 0.25) is 0 Å². The highest BCUT2D eigenvalue weighted by molar-refractivity contribution is 6.02. The first-order valence-electron chi connectivity index (χ1n) is 8.54. The summed E-state index contributed by atoms with van der Waals surface area (Å²) in [4.78, 5) is 37.9. The van der Waals surface area contributed by atoms with Gasteiger partial charge < -0.3 is 20.1 Å². The van der Waals surface area contributed by atoms with E-state index in [0.29, 0.717) is 30.9 Å². The van der Waals surface area contributed by atoms with Gasteiger partial charge in [-0.25, -0.2) is 4.79 Å². The Kier molecular flexibility index (Phi) is 4.65. The normalized spacial score (nSPS) is 21.6. The van der Waals surface area contributed by atoms with Crippen molar-refractivity contribution in [1.82, 2.24) is 5.32 Å². The lowest BCUT2D eigenvalue weighted by Crippen LogP contribution is -2.60. The molecule has 2 amide bonds. The third kappa shape index (κ3) is 3.18. The first-order chi connectivity index (χ1) is 12.0. The van der Waals surface area contributed by atoms with E-state index in [9.17, 15) is 19.5 Å². The van der Waals surface area contributed by atoms with Crippen LogP contribution in [0.3, 0.4) is 0 Å². The van der Waals surface area contributed by atoms with Crippen LogP contribution in [0, 0.1) is 5.92 Å². The third-order valence-electron chi connectivity index (χ3n) is 4.93. The number of carboxylic acid groups (broad SMARTS) is 1. The van der Waals surface area contributed by atoms with Crippen molar-refractivity contribution >= 4 is 23.5 Å². The van der Waals surface area contributed by atoms with Crippen LogP contribution in [-0.2, 0) is 14.4 Å². The monoisotopic (exact) mass is 346 g/mol. The number of para-hydroxylation sites is 2. The van der Waals surface area contributed by atoms with E-state index >= 15 is 0 Å². The average Bonchev–Trinajstić information content (AvgIpc) is 2.93. The molecule has 1 aromatic rings. The Morgan fingerprint density at radius 1 is 1.36 bits per heavy atom. The quantitative estimate of drug-likeness (QED) is 0.815. The molecule has 0 aromatic heterocycles. The smallest absolute Gasteiger partial charge is 0.329 e. The highest BCUT2D eigenvalue weighted by Gasteiger charge is 2.47. The molecule has 0 bridgehead atoms. The van der Waals surface area contributed by atoms with Crippen molar-refractivity contribution in [2.75, 3.05) is 18.1 Å². The number of carboxylic acids is 1. The van der Waals surface area contributed by atoms with E-state index in [-0.39, 0.29) is 24.8 Å². The molecule has 2 N–H and O–H groups in total. The second-order valence-electron chi connectivity index (χ2n) is 6.54. The van der Waals surface area contributed by atoms with E-state index in [2.05, 4.69) is 5.32 Å². The molecule has 3 rings (SSSR count). The number of benzene rings is 1. The molecule has 134 valence electrons. The van der Waals surface area contributed by atoms with Crippen LogP contribution in [0.1, 0.15) is 32.6 Å². The van der Waals surface area contributed by atoms with E-state index in [1.165, 1.54) is 0 Å². The number of carbonyl (C=O) groups is 3. The van der Waals surface area contributed by atoms with E-state index in [1.54, 1.807) is 17.0 Å². The summed E-state index contributed by atoms with van der Waals surface area (Å²) >= 11 is 0. The highest BCUT2D eigenvalue weighted by atomic mass is 16.5. The zero-order chi connectivity index (χ0) is 18.0. The minimum atomic E-state index is -1.16. The number of nitrogens with zero attached hydrogens (tertiary/aromatic N) is 1. The minimum absolute atomic E-state index is 0.0714. The van der Waals surface area contributed by atoms with Gasteiger partial charge in [-0.2, -0.15) is 0 Å². The molecule has 2 aliphatic rings. The second-order valence-corrected chi connectivity index (χ2v) is 6.54. The topological polar surface area (TPSA) is 95.9 Å². The Hall–Kier alpha value is -2.57. The maximum Gasteiger partial charge on any atom is 0.329 e. The number of carbonyl (C=O) groups excluding carboxylic acids is 2. The summed E-state index contributed by atoms with van der Waals surface area (Å²) < 4.78 is 5.56. The fourth-order valence-electron chi connectivity index (χ4n) is 3.33. The predicted molar refractivity (Wildman–Crippen MR) is 90.4 cm³/mol. The molecule has 1 unspecified atom stereocenters. The predicted octanol–water partition coefficient (Wildman–Crippen LogP) is 1.56. The van der Waals surface area contributed by atoms with Crippen molar-refractivity contribution < 1.29 is 24.2 Å². The number of hydrogen-bond acceptors (Lipinski definition) is 4. The largest absolute Gasteiger partial charge is 0.492 e. The van der Waals surface area contributed by atoms with Gasteiger partial charge >= 0.3 is 5.97 Å². The van der Waals surface area contributed by atoms with Gasteiger partial charge in [-0.3, -0.25) is 9.59 Å². The van der Waals surface area contributed by atoms with Crippen LogP contribution in [0.5, 0.6) is 5.75 Å². The molecule has 1 aliphatic heterocycles. The van der Waals surface area contributed by atoms with Gasteiger partial charge in [0.05, 0.1) is 18.2 Å². The van der Waals surface area contributed by atoms with Gasteiger partial charge in [0.2, 0.25) is 11.8 Å². The Morgan fingerprint density at radius 2 is 2.08 bits per heavy atom. The van der Waals surface area contributed by atoms with Gasteiger partial charge in [-0.15, -0.1) is 0 Å². The van der Waals surface area contributed by atoms with E-state index in [1.807, 2.05) is 19.1 Å². The third-order valence-corrected chi connectivity index (χ3v) is 4.93. The van der Waals surface area contributed by atoms with Crippen LogP contribution in [-0.4, -0.2) is 41.6 Å². The zero-order valence-corrected chi connectivity index (χ0v) is 14.2. The van der Waals surface area contributed by atoms with Gasteiger partial charge in [0.25, 0.3) is 0 Å². The Morgan fingerprint density at radius 3 is 2.68 bits per heavy atom. The summed E-state index contributed by atoms with van der Waals surface area (Å²) in [5.41, 5.74) is -0.516. The van der Waals surface area contributed by atoms with Crippen LogP contribution in [0.4, 0.5) is 5.69 Å². The molecule has 1 aliphatic carbocycles. The molecule has 1 saturated carbocycles. The highest BCUT2D eigenvalue weighted by Crippen LogP contribution is 2.35. The molecular weight excluding hydrogens is 324 g/mol. The molecule has 0 radical (unpaired) electrons. The number of hydrogen-bond donors (Lipinski definition) is 2. The molecule has 2 fully saturated rings. The number of rotatable bonds is 6. The SMILES string of the molecule is CCOc1ccccc1N1CC(C(=O)NC2(C(=O)O)CCC2)CC1=O. The molecule has 1 heterocycles. The zero-order valence-electron chi connectivity index (χ0n) is 14.2. The van der Waals surface area contributed by atoms with Crippen molar-refractivity contribution in [3.63, 3.8) is 0 Å². The summed E-state index contributed by atoms with van der Waals surface area (Å²) in [6, 6.07) is 7.21. The molecular formula is C18H22N2O5. The number of anilines is 1. The lowest BCUT2D eigenvalue weighted by Gasteiger charge is -2.38. The van der Waals surface area contributed by atoms with Gasteiger partial charge in [0.15, 0.2) is 0 Å². The molecule has 1 saturated heterocycles. The molecule has 25 heavy (non-hydrogen) atoms. The van der Waals surface area contributed by atoms with Gasteiger partial charge in [-0.1, -0.05) is 12.1 Å². The lowest BCUT2D eigenvalue weighted by molar-refractivity contribution is -0.152. The summed E-state index contributed by atoms with van der Waals surface area (Å²) in [5, 5.41) is 12.0. The number of ether oxygens (including phenoxy) is 1. The van der Waals surface area contributed by atoms with Crippen molar-refractivity contribution in [2.45, 2.75) is 38.1 Å². The molecule has 7 nitrogen and oxygen atoms in total. The summed E-state index contributed by atoms with van der Waals surface area (Å²) in [6.07, 6.45) is 1.73. The average molecular weight is 346 g/mol. The Balaban J connectivity index is 1.72. The van der Waals surface area contributed by atoms with E-state index in [0.717, 1.165) is 6.42 Å². The van der Waals surface area contributed by atoms with Crippen molar-refractivity contribution in [1.29, 1.82) is 0 Å². The van der Waals surface area contributed by atoms with Crippen LogP contribution < -0.4 is 15.0 Å². The molecule has 1 atom stereocenters. The van der Waals surface area contributed by atoms with E-state index < -0.39 is 17.4 Å². The summed E-state index contributed by atoms with van der Waals surface area (Å²) in [7, 11) is 0. The Bertz CT molecular complexity index is 698. The maximum absolute atomic E-state index is 12.5. The molecule has 1 aromatic carbocycles. The van der Waals surface area contributed by atoms with Crippen molar-refractivity contribution in [2.24, 2.45) is 5.92 Å². The van der Waals surface area contributed by atoms with Gasteiger partial charge in [0.1, 0.15) is 11.3 Å². The summed E-state index contributed by atoms with van der Waals surface area (Å²) in [5.74, 6) is -1.49. The first-order valence-corrected chi connectivity index (χ1v) is 8.54. The minimum Gasteiger partial charge on any atom is -0.492 e. The van der Waals surface area contributed by atoms with Crippen molar-refractivity contribution in [3.05, 3.63) is 24.3 Å². The standard InChI is InChI=1S/C18H22N2O5/c1-2-25-14-7-4-3-6-13(14)20-11-12(10-15(20)21)16(22)19-18(17(23)24)8-5-9-18/h3-4,6-7,12H,2,5,8-11H2,1H3,(H,19,22)(H,23,24). The lowest BCUT2D eigenvalue weighted by atomic mass is 9.76. The van der Waals surface area contributed by atoms with Gasteiger partial charge in [0, 0.05) is 13.0 Å². The Labute approximate surface area is 146 Å². The van der Waals surface area contributed by atoms with Crippen LogP contribution >= 0.6 is 0 Å². The number of amides is 2. The van der Waals surface area contributed by atoms with Crippen LogP contribution in [0.15, 0.2) is 24.3 Å². The summed E-state index contributed by atoms with van der Waals surface area (Å²) in [6.45, 7) is 2.57. The molecule has 7 heteroatoms. The second kappa shape index (κ2) is 6.74. The fraction of sp³-hybridized carbons (Fsp3) is 0.500. The van der Waals surface area contributed by atoms with Crippen molar-refractivity contribution in [3.8, 4) is 5.75 Å². The first kappa shape index (κ1) is 17.3. The fourth-order valence-corrected chi connectivity index (χ4v) is 3.33. The number of aliphatic carboxylic acids is 1. The maximum atomic E-state index is 12.5. The van der Waals surface area contributed by atoms with Crippen LogP contribution in [0.25, 0.3) is 0 Å². The van der Waals surface area contributed by atoms with Gasteiger partial charge in [-0.05, 0) is 38.3 Å². The molecule has 0 spiro atoms. The number of nitrogens with one attached hydrogen (secondary N) is 1. The van der Waals surface area contributed by atoms with E-state index in [4.69, 9.17) is 4.74 Å².